The van der Waals surface area contributed by atoms with Gasteiger partial charge in [0.2, 0.25) is 0 Å². The van der Waals surface area contributed by atoms with Crippen molar-refractivity contribution in [1.29, 1.82) is 0 Å². The van der Waals surface area contributed by atoms with Gasteiger partial charge in [-0.15, -0.1) is 10.2 Å². The van der Waals surface area contributed by atoms with E-state index in [1.54, 1.807) is 26.4 Å². The summed E-state index contributed by atoms with van der Waals surface area (Å²) >= 11 is 1.49. The molecule has 0 aliphatic rings. The summed E-state index contributed by atoms with van der Waals surface area (Å²) in [5, 5.41) is 20.7. The van der Waals surface area contributed by atoms with Crippen LogP contribution in [0.5, 0.6) is 11.5 Å². The van der Waals surface area contributed by atoms with E-state index in [0.29, 0.717) is 11.5 Å². The van der Waals surface area contributed by atoms with Gasteiger partial charge >= 0.3 is 0 Å². The lowest BCUT2D eigenvalue weighted by Crippen LogP contribution is -2.03. The predicted octanol–water partition coefficient (Wildman–Crippen LogP) is 4.96. The van der Waals surface area contributed by atoms with E-state index in [4.69, 9.17) is 9.47 Å². The molecule has 0 aliphatic carbocycles. The fourth-order valence-electron chi connectivity index (χ4n) is 3.00. The molecule has 1 aromatic heterocycles. The Kier molecular flexibility index (Phi) is 7.29. The van der Waals surface area contributed by atoms with Gasteiger partial charge in [-0.25, -0.2) is 0 Å². The van der Waals surface area contributed by atoms with Gasteiger partial charge in [0.1, 0.15) is 11.5 Å². The van der Waals surface area contributed by atoms with Crippen LogP contribution in [0.4, 0.5) is 5.69 Å². The van der Waals surface area contributed by atoms with Gasteiger partial charge in [0.05, 0.1) is 19.1 Å². The number of hydrogen-bond donors (Lipinski definition) is 0. The third-order valence-electron chi connectivity index (χ3n) is 4.63. The minimum Gasteiger partial charge on any atom is -0.497 e. The average Bonchev–Trinajstić information content (AvgIpc) is 3.18. The molecule has 2 aromatic carbocycles. The van der Waals surface area contributed by atoms with Gasteiger partial charge in [-0.2, -0.15) is 0 Å². The molecule has 0 amide bonds. The monoisotopic (exact) mass is 428 g/mol. The number of aromatic nitrogens is 3. The normalized spacial score (nSPS) is 10.8. The molecular formula is C21H24N4O4S. The largest absolute Gasteiger partial charge is 0.497 e. The Morgan fingerprint density at radius 3 is 2.50 bits per heavy atom. The van der Waals surface area contributed by atoms with Crippen molar-refractivity contribution in [3.8, 4) is 22.9 Å². The molecule has 0 fully saturated rings. The van der Waals surface area contributed by atoms with Crippen LogP contribution in [0.2, 0.25) is 0 Å². The second kappa shape index (κ2) is 10.1. The topological polar surface area (TPSA) is 92.3 Å². The molecule has 0 atom stereocenters. The van der Waals surface area contributed by atoms with Crippen LogP contribution >= 0.6 is 11.8 Å². The molecule has 0 aliphatic heterocycles. The summed E-state index contributed by atoms with van der Waals surface area (Å²) in [6, 6.07) is 12.3. The first kappa shape index (κ1) is 21.6. The molecule has 0 unspecified atom stereocenters. The van der Waals surface area contributed by atoms with Crippen molar-refractivity contribution in [1.82, 2.24) is 14.8 Å². The summed E-state index contributed by atoms with van der Waals surface area (Å²) in [5.41, 5.74) is 1.74. The Bertz CT molecular complexity index is 1000. The number of hydrogen-bond acceptors (Lipinski definition) is 7. The van der Waals surface area contributed by atoms with E-state index in [1.807, 2.05) is 24.3 Å². The smallest absolute Gasteiger partial charge is 0.270 e. The van der Waals surface area contributed by atoms with Gasteiger partial charge in [0.25, 0.3) is 5.69 Å². The summed E-state index contributed by atoms with van der Waals surface area (Å²) in [5.74, 6) is 2.67. The van der Waals surface area contributed by atoms with Crippen molar-refractivity contribution in [2.45, 2.75) is 37.2 Å². The van der Waals surface area contributed by atoms with Crippen LogP contribution in [0.15, 0.2) is 47.6 Å². The number of methoxy groups -OCH3 is 2. The van der Waals surface area contributed by atoms with Crippen LogP contribution in [-0.2, 0) is 12.3 Å². The van der Waals surface area contributed by atoms with Crippen molar-refractivity contribution in [3.05, 3.63) is 58.1 Å². The number of nitro benzene ring substituents is 1. The highest BCUT2D eigenvalue weighted by molar-refractivity contribution is 7.98. The first-order chi connectivity index (χ1) is 14.6. The van der Waals surface area contributed by atoms with Gasteiger partial charge in [-0.3, -0.25) is 10.1 Å². The lowest BCUT2D eigenvalue weighted by atomic mass is 10.2. The van der Waals surface area contributed by atoms with Gasteiger partial charge < -0.3 is 14.0 Å². The maximum absolute atomic E-state index is 11.1. The van der Waals surface area contributed by atoms with Gasteiger partial charge in [0.15, 0.2) is 11.0 Å². The van der Waals surface area contributed by atoms with Crippen molar-refractivity contribution in [2.75, 3.05) is 14.2 Å². The highest BCUT2D eigenvalue weighted by atomic mass is 32.2. The van der Waals surface area contributed by atoms with Crippen LogP contribution in [0, 0.1) is 10.1 Å². The summed E-state index contributed by atoms with van der Waals surface area (Å²) in [7, 11) is 3.19. The van der Waals surface area contributed by atoms with E-state index in [1.165, 1.54) is 17.8 Å². The molecule has 3 aromatic rings. The first-order valence-electron chi connectivity index (χ1n) is 9.59. The third-order valence-corrected chi connectivity index (χ3v) is 5.65. The summed E-state index contributed by atoms with van der Waals surface area (Å²) in [6.07, 6.45) is 2.04. The Morgan fingerprint density at radius 1 is 1.10 bits per heavy atom. The summed E-state index contributed by atoms with van der Waals surface area (Å²) < 4.78 is 12.7. The average molecular weight is 429 g/mol. The zero-order chi connectivity index (χ0) is 21.5. The van der Waals surface area contributed by atoms with Crippen molar-refractivity contribution >= 4 is 17.4 Å². The quantitative estimate of drug-likeness (QED) is 0.256. The lowest BCUT2D eigenvalue weighted by molar-refractivity contribution is -0.384. The van der Waals surface area contributed by atoms with E-state index in [9.17, 15) is 10.1 Å². The van der Waals surface area contributed by atoms with E-state index in [-0.39, 0.29) is 5.69 Å². The molecule has 0 N–H and O–H groups in total. The highest BCUT2D eigenvalue weighted by Gasteiger charge is 2.17. The molecule has 0 saturated heterocycles. The molecule has 0 radical (unpaired) electrons. The molecule has 158 valence electrons. The number of unbranched alkanes of at least 4 members (excludes halogenated alkanes) is 1. The maximum atomic E-state index is 11.1. The molecule has 1 heterocycles. The summed E-state index contributed by atoms with van der Waals surface area (Å²) in [6.45, 7) is 2.93. The lowest BCUT2D eigenvalue weighted by Gasteiger charge is -2.11. The zero-order valence-corrected chi connectivity index (χ0v) is 18.0. The molecule has 8 nitrogen and oxygen atoms in total. The molecule has 30 heavy (non-hydrogen) atoms. The second-order valence-electron chi connectivity index (χ2n) is 6.58. The Morgan fingerprint density at radius 2 is 1.87 bits per heavy atom. The van der Waals surface area contributed by atoms with Crippen LogP contribution in [-0.4, -0.2) is 33.9 Å². The first-order valence-corrected chi connectivity index (χ1v) is 10.6. The molecule has 0 spiro atoms. The van der Waals surface area contributed by atoms with E-state index in [0.717, 1.165) is 47.2 Å². The SMILES string of the molecule is CCCCn1c(SCc2cc([N+](=O)[O-])ccc2OC)nnc1-c1ccc(OC)cc1. The van der Waals surface area contributed by atoms with Crippen LogP contribution < -0.4 is 9.47 Å². The molecule has 0 saturated carbocycles. The standard InChI is InChI=1S/C21H24N4O4S/c1-4-5-12-24-20(15-6-9-18(28-2)10-7-15)22-23-21(24)30-14-16-13-17(25(26)27)8-11-19(16)29-3/h6-11,13H,4-5,12,14H2,1-3H3. The van der Waals surface area contributed by atoms with Crippen molar-refractivity contribution in [2.24, 2.45) is 0 Å². The van der Waals surface area contributed by atoms with E-state index >= 15 is 0 Å². The molecule has 0 bridgehead atoms. The zero-order valence-electron chi connectivity index (χ0n) is 17.2. The Hall–Kier alpha value is -3.07. The van der Waals surface area contributed by atoms with Gasteiger partial charge in [-0.1, -0.05) is 25.1 Å². The Balaban J connectivity index is 1.88. The van der Waals surface area contributed by atoms with E-state index in [2.05, 4.69) is 21.7 Å². The Labute approximate surface area is 179 Å². The van der Waals surface area contributed by atoms with Crippen molar-refractivity contribution in [3.63, 3.8) is 0 Å². The fourth-order valence-corrected chi connectivity index (χ4v) is 3.94. The number of non-ortho nitro benzene ring substituents is 1. The highest BCUT2D eigenvalue weighted by Crippen LogP contribution is 2.32. The number of nitro groups is 1. The summed E-state index contributed by atoms with van der Waals surface area (Å²) in [4.78, 5) is 10.7. The number of ether oxygens (including phenoxy) is 2. The number of benzene rings is 2. The van der Waals surface area contributed by atoms with Gasteiger partial charge in [-0.05, 0) is 36.8 Å². The maximum Gasteiger partial charge on any atom is 0.270 e. The van der Waals surface area contributed by atoms with Gasteiger partial charge in [0, 0.05) is 35.6 Å². The van der Waals surface area contributed by atoms with Crippen LogP contribution in [0.3, 0.4) is 0 Å². The molecule has 9 heteroatoms. The number of nitrogens with zero attached hydrogens (tertiary/aromatic N) is 4. The van der Waals surface area contributed by atoms with Crippen LogP contribution in [0.25, 0.3) is 11.4 Å². The van der Waals surface area contributed by atoms with E-state index < -0.39 is 4.92 Å². The predicted molar refractivity (Wildman–Crippen MR) is 116 cm³/mol. The minimum absolute atomic E-state index is 0.0396. The minimum atomic E-state index is -0.404. The van der Waals surface area contributed by atoms with Crippen LogP contribution in [0.1, 0.15) is 25.3 Å². The molecule has 3 rings (SSSR count). The number of thioether (sulfide) groups is 1. The molecular weight excluding hydrogens is 404 g/mol. The van der Waals surface area contributed by atoms with Crippen molar-refractivity contribution < 1.29 is 14.4 Å². The second-order valence-corrected chi connectivity index (χ2v) is 7.52. The number of rotatable bonds is 10. The third kappa shape index (κ3) is 4.91. The fraction of sp³-hybridized carbons (Fsp3) is 0.333.